The van der Waals surface area contributed by atoms with Crippen LogP contribution in [0, 0.1) is 0 Å². The topological polar surface area (TPSA) is 136 Å². The van der Waals surface area contributed by atoms with E-state index in [1.807, 2.05) is 0 Å². The van der Waals surface area contributed by atoms with Gasteiger partial charge in [-0.1, -0.05) is 0 Å². The molecule has 1 rings (SSSR count). The van der Waals surface area contributed by atoms with E-state index in [0.717, 1.165) is 13.8 Å². The quantitative estimate of drug-likeness (QED) is 0.170. The Hall–Kier alpha value is -1.50. The Morgan fingerprint density at radius 2 is 1.43 bits per heavy atom. The summed E-state index contributed by atoms with van der Waals surface area (Å²) in [6.07, 6.45) is -6.20. The summed E-state index contributed by atoms with van der Waals surface area (Å²) >= 11 is 5.49. The van der Waals surface area contributed by atoms with Gasteiger partial charge in [-0.25, -0.2) is 0 Å². The summed E-state index contributed by atoms with van der Waals surface area (Å²) < 4.78 is 36.8. The zero-order chi connectivity index (χ0) is 22.5. The first kappa shape index (κ1) is 26.5. The molecule has 5 atom stereocenters. The SMILES string of the molecule is CC(=O)OC[C@H]1O[C@H](OCCOCCOCCCl)[C@H](O)[C@@H](OC(C)=O)[C@H]1OC(C)=O. The normalized spacial score (nSPS) is 26.1. The maximum atomic E-state index is 11.5. The van der Waals surface area contributed by atoms with E-state index in [1.165, 1.54) is 6.92 Å². The fraction of sp³-hybridized carbons (Fsp3) is 0.833. The minimum atomic E-state index is -1.46. The molecule has 1 aliphatic heterocycles. The van der Waals surface area contributed by atoms with Crippen LogP contribution in [0.4, 0.5) is 0 Å². The van der Waals surface area contributed by atoms with Gasteiger partial charge >= 0.3 is 17.9 Å². The summed E-state index contributed by atoms with van der Waals surface area (Å²) in [5, 5.41) is 10.6. The Morgan fingerprint density at radius 1 is 0.867 bits per heavy atom. The highest BCUT2D eigenvalue weighted by atomic mass is 35.5. The molecule has 0 bridgehead atoms. The van der Waals surface area contributed by atoms with Crippen molar-refractivity contribution in [3.8, 4) is 0 Å². The number of halogens is 1. The number of esters is 3. The van der Waals surface area contributed by atoms with Gasteiger partial charge in [-0.15, -0.1) is 11.6 Å². The maximum Gasteiger partial charge on any atom is 0.303 e. The summed E-state index contributed by atoms with van der Waals surface area (Å²) in [6.45, 7) is 4.54. The zero-order valence-electron chi connectivity index (χ0n) is 17.2. The van der Waals surface area contributed by atoms with Gasteiger partial charge in [-0.05, 0) is 0 Å². The largest absolute Gasteiger partial charge is 0.463 e. The van der Waals surface area contributed by atoms with E-state index in [1.54, 1.807) is 0 Å². The van der Waals surface area contributed by atoms with E-state index in [-0.39, 0.29) is 19.8 Å². The highest BCUT2D eigenvalue weighted by Gasteiger charge is 2.50. The van der Waals surface area contributed by atoms with Crippen molar-refractivity contribution < 1.29 is 52.6 Å². The fourth-order valence-electron chi connectivity index (χ4n) is 2.63. The van der Waals surface area contributed by atoms with E-state index >= 15 is 0 Å². The standard InChI is InChI=1S/C18H29ClO11/c1-11(20)27-10-14-16(28-12(2)21)17(29-13(3)22)15(23)18(30-14)26-9-8-25-7-6-24-5-4-19/h14-18,23H,4-10H2,1-3H3/t14-,15-,16+,17-,18+/m1/s1. The number of hydrogen-bond acceptors (Lipinski definition) is 11. The van der Waals surface area contributed by atoms with Gasteiger partial charge in [0, 0.05) is 26.7 Å². The van der Waals surface area contributed by atoms with Gasteiger partial charge < -0.3 is 38.3 Å². The summed E-state index contributed by atoms with van der Waals surface area (Å²) in [5.41, 5.74) is 0. The van der Waals surface area contributed by atoms with E-state index in [4.69, 9.17) is 44.8 Å². The Balaban J connectivity index is 2.71. The molecule has 30 heavy (non-hydrogen) atoms. The lowest BCUT2D eigenvalue weighted by molar-refractivity contribution is -0.307. The minimum absolute atomic E-state index is 0.0442. The number of alkyl halides is 1. The molecule has 0 aromatic heterocycles. The highest BCUT2D eigenvalue weighted by molar-refractivity contribution is 6.17. The molecule has 0 spiro atoms. The summed E-state index contributed by atoms with van der Waals surface area (Å²) in [5.74, 6) is -1.59. The second-order valence-corrected chi connectivity index (χ2v) is 6.65. The van der Waals surface area contributed by atoms with Gasteiger partial charge in [0.15, 0.2) is 18.5 Å². The third kappa shape index (κ3) is 10.0. The van der Waals surface area contributed by atoms with Crippen LogP contribution in [-0.2, 0) is 47.5 Å². The van der Waals surface area contributed by atoms with Crippen LogP contribution in [0.5, 0.6) is 0 Å². The lowest BCUT2D eigenvalue weighted by Gasteiger charge is -2.42. The molecular formula is C18H29ClO11. The van der Waals surface area contributed by atoms with E-state index in [2.05, 4.69) is 0 Å². The van der Waals surface area contributed by atoms with Crippen LogP contribution >= 0.6 is 11.6 Å². The number of rotatable bonds is 13. The number of hydrogen-bond donors (Lipinski definition) is 1. The summed E-state index contributed by atoms with van der Waals surface area (Å²) in [4.78, 5) is 34.1. The van der Waals surface area contributed by atoms with E-state index in [0.29, 0.717) is 25.7 Å². The van der Waals surface area contributed by atoms with Crippen LogP contribution in [0.2, 0.25) is 0 Å². The predicted molar refractivity (Wildman–Crippen MR) is 101 cm³/mol. The maximum absolute atomic E-state index is 11.5. The second-order valence-electron chi connectivity index (χ2n) is 6.27. The van der Waals surface area contributed by atoms with E-state index in [9.17, 15) is 19.5 Å². The van der Waals surface area contributed by atoms with Crippen LogP contribution in [0.1, 0.15) is 20.8 Å². The lowest BCUT2D eigenvalue weighted by atomic mass is 9.98. The third-order valence-corrected chi connectivity index (χ3v) is 3.93. The number of aliphatic hydroxyl groups is 1. The van der Waals surface area contributed by atoms with Gasteiger partial charge in [0.25, 0.3) is 0 Å². The van der Waals surface area contributed by atoms with Crippen molar-refractivity contribution in [2.24, 2.45) is 0 Å². The van der Waals surface area contributed by atoms with Gasteiger partial charge in [0.2, 0.25) is 0 Å². The monoisotopic (exact) mass is 456 g/mol. The van der Waals surface area contributed by atoms with Crippen molar-refractivity contribution in [3.63, 3.8) is 0 Å². The number of aliphatic hydroxyl groups excluding tert-OH is 1. The molecule has 0 aromatic rings. The number of carbonyl (C=O) groups is 3. The Kier molecular flexibility index (Phi) is 12.8. The van der Waals surface area contributed by atoms with Crippen LogP contribution in [0.15, 0.2) is 0 Å². The van der Waals surface area contributed by atoms with Crippen LogP contribution < -0.4 is 0 Å². The molecule has 1 saturated heterocycles. The summed E-state index contributed by atoms with van der Waals surface area (Å²) in [7, 11) is 0. The smallest absolute Gasteiger partial charge is 0.303 e. The molecule has 1 heterocycles. The first-order valence-electron chi connectivity index (χ1n) is 9.40. The molecule has 11 nitrogen and oxygen atoms in total. The van der Waals surface area contributed by atoms with Gasteiger partial charge in [0.1, 0.15) is 18.8 Å². The van der Waals surface area contributed by atoms with Gasteiger partial charge in [-0.3, -0.25) is 14.4 Å². The minimum Gasteiger partial charge on any atom is -0.463 e. The predicted octanol–water partition coefficient (Wildman–Crippen LogP) is -0.213. The Labute approximate surface area is 179 Å². The molecule has 1 N–H and O–H groups in total. The molecule has 0 aromatic carbocycles. The second kappa shape index (κ2) is 14.5. The lowest BCUT2D eigenvalue weighted by Crippen LogP contribution is -2.62. The highest BCUT2D eigenvalue weighted by Crippen LogP contribution is 2.27. The van der Waals surface area contributed by atoms with Gasteiger partial charge in [-0.2, -0.15) is 0 Å². The molecule has 1 fully saturated rings. The molecule has 0 aliphatic carbocycles. The van der Waals surface area contributed by atoms with Crippen molar-refractivity contribution in [2.75, 3.05) is 45.5 Å². The van der Waals surface area contributed by atoms with Gasteiger partial charge in [0.05, 0.1) is 33.0 Å². The molecule has 12 heteroatoms. The van der Waals surface area contributed by atoms with Crippen LogP contribution in [-0.4, -0.2) is 99.2 Å². The first-order valence-corrected chi connectivity index (χ1v) is 9.94. The van der Waals surface area contributed by atoms with Crippen molar-refractivity contribution >= 4 is 29.5 Å². The molecule has 0 saturated carbocycles. The Bertz CT molecular complexity index is 544. The molecule has 0 unspecified atom stereocenters. The number of ether oxygens (including phenoxy) is 7. The molecule has 0 amide bonds. The van der Waals surface area contributed by atoms with Crippen molar-refractivity contribution in [1.82, 2.24) is 0 Å². The molecule has 174 valence electrons. The first-order chi connectivity index (χ1) is 14.3. The average Bonchev–Trinajstić information content (AvgIpc) is 2.66. The van der Waals surface area contributed by atoms with Crippen molar-refractivity contribution in [2.45, 2.75) is 51.5 Å². The third-order valence-electron chi connectivity index (χ3n) is 3.77. The Morgan fingerprint density at radius 3 is 2.00 bits per heavy atom. The summed E-state index contributed by atoms with van der Waals surface area (Å²) in [6, 6.07) is 0. The average molecular weight is 457 g/mol. The fourth-order valence-corrected chi connectivity index (χ4v) is 2.73. The van der Waals surface area contributed by atoms with E-state index < -0.39 is 48.6 Å². The number of carbonyl (C=O) groups excluding carboxylic acids is 3. The molecular weight excluding hydrogens is 428 g/mol. The van der Waals surface area contributed by atoms with Crippen molar-refractivity contribution in [1.29, 1.82) is 0 Å². The zero-order valence-corrected chi connectivity index (χ0v) is 18.0. The van der Waals surface area contributed by atoms with Crippen LogP contribution in [0.25, 0.3) is 0 Å². The van der Waals surface area contributed by atoms with Crippen LogP contribution in [0.3, 0.4) is 0 Å². The van der Waals surface area contributed by atoms with Crippen molar-refractivity contribution in [3.05, 3.63) is 0 Å². The molecule has 0 radical (unpaired) electrons. The molecule has 1 aliphatic rings.